The van der Waals surface area contributed by atoms with Crippen LogP contribution in [-0.2, 0) is 36.4 Å². The zero-order chi connectivity index (χ0) is 29.0. The van der Waals surface area contributed by atoms with Gasteiger partial charge in [-0.05, 0) is 5.75 Å². The number of aromatic nitrogens is 3. The van der Waals surface area contributed by atoms with Gasteiger partial charge >= 0.3 is 23.5 Å². The van der Waals surface area contributed by atoms with E-state index in [1.165, 1.54) is 10.9 Å². The lowest BCUT2D eigenvalue weighted by Gasteiger charge is -2.19. The largest absolute Gasteiger partial charge is 0.490 e. The molecule has 0 radical (unpaired) electrons. The Morgan fingerprint density at radius 1 is 1.18 bits per heavy atom. The van der Waals surface area contributed by atoms with Crippen LogP contribution in [0.1, 0.15) is 37.5 Å². The molecule has 3 heterocycles. The Labute approximate surface area is 226 Å². The number of phosphoric ester groups is 1. The lowest BCUT2D eigenvalue weighted by Crippen LogP contribution is -2.26. The van der Waals surface area contributed by atoms with Gasteiger partial charge in [-0.25, -0.2) is 23.7 Å². The van der Waals surface area contributed by atoms with Gasteiger partial charge in [-0.1, -0.05) is 11.8 Å². The minimum Gasteiger partial charge on any atom is -0.390 e. The molecule has 17 nitrogen and oxygen atoms in total. The van der Waals surface area contributed by atoms with Gasteiger partial charge in [0, 0.05) is 31.9 Å². The standard InChI is InChI=1S/C18H25N4O13P3S/c19-17-16-11(3-1-2-4-12(23)5-6-39)8-22(18(16)21-10-20-17)15-7-13(24)14(33-15)9-32-37(28,29)35-38(30,31)34-36(25,26)27/h8,10,13-15,24,39H,2,4-7,9H2,(H,28,29)(H,30,31)(H2,19,20,21)(H2,25,26,27)/t13?,14-,15-/m1/s1. The highest BCUT2D eigenvalue weighted by Crippen LogP contribution is 2.66. The molecule has 0 aliphatic carbocycles. The number of thiol groups is 1. The second-order valence-electron chi connectivity index (χ2n) is 8.04. The topological polar surface area (TPSA) is 263 Å². The first-order valence-electron chi connectivity index (χ1n) is 10.9. The number of carbonyl (C=O) groups is 1. The molecule has 0 aromatic carbocycles. The monoisotopic (exact) mass is 630 g/mol. The van der Waals surface area contributed by atoms with Crippen molar-refractivity contribution < 1.29 is 61.1 Å². The number of nitrogen functional groups attached to an aromatic ring is 1. The van der Waals surface area contributed by atoms with Crippen molar-refractivity contribution in [3.8, 4) is 11.8 Å². The van der Waals surface area contributed by atoms with E-state index < -0.39 is 48.5 Å². The third kappa shape index (κ3) is 9.17. The first kappa shape index (κ1) is 31.9. The number of fused-ring (bicyclic) bond motifs is 1. The van der Waals surface area contributed by atoms with Crippen molar-refractivity contribution in [2.75, 3.05) is 18.1 Å². The Balaban J connectivity index is 1.72. The molecule has 216 valence electrons. The smallest absolute Gasteiger partial charge is 0.390 e. The molecule has 1 aliphatic rings. The van der Waals surface area contributed by atoms with E-state index in [1.54, 1.807) is 6.20 Å². The van der Waals surface area contributed by atoms with Crippen molar-refractivity contribution in [3.05, 3.63) is 18.1 Å². The number of nitrogens with two attached hydrogens (primary N) is 1. The molecule has 2 aromatic rings. The molecule has 7 N–H and O–H groups in total. The predicted octanol–water partition coefficient (Wildman–Crippen LogP) is 1.03. The molecule has 3 rings (SSSR count). The highest BCUT2D eigenvalue weighted by molar-refractivity contribution is 7.80. The Bertz CT molecular complexity index is 1420. The number of anilines is 1. The average Bonchev–Trinajstić information content (AvgIpc) is 3.34. The number of ether oxygens (including phenoxy) is 1. The van der Waals surface area contributed by atoms with E-state index in [2.05, 4.69) is 47.6 Å². The number of hydrogen-bond donors (Lipinski definition) is 7. The number of aliphatic hydroxyl groups excluding tert-OH is 1. The van der Waals surface area contributed by atoms with Crippen LogP contribution in [0.15, 0.2) is 12.5 Å². The number of Topliss-reactive ketones (excluding diaryl/α,β-unsaturated/α-hetero) is 1. The Hall–Kier alpha value is -1.67. The SMILES string of the molecule is Nc1ncnc2c1c(C#CCCC(=O)CCS)cn2[C@H]1CC(O)[C@@H](COP(=O)(O)OP(=O)(O)OP(=O)(O)O)O1. The number of carbonyl (C=O) groups excluding carboxylic acids is 1. The number of aliphatic hydroxyl groups is 1. The molecular formula is C18H25N4O13P3S. The second kappa shape index (κ2) is 12.9. The van der Waals surface area contributed by atoms with Crippen molar-refractivity contribution in [3.63, 3.8) is 0 Å². The van der Waals surface area contributed by atoms with Crippen molar-refractivity contribution in [2.45, 2.75) is 44.1 Å². The van der Waals surface area contributed by atoms with Crippen LogP contribution in [0, 0.1) is 11.8 Å². The molecule has 0 saturated carbocycles. The van der Waals surface area contributed by atoms with Gasteiger partial charge in [-0.3, -0.25) is 9.32 Å². The van der Waals surface area contributed by atoms with E-state index in [1.807, 2.05) is 0 Å². The van der Waals surface area contributed by atoms with Gasteiger partial charge in [0.05, 0.1) is 23.7 Å². The van der Waals surface area contributed by atoms with Crippen LogP contribution in [0.3, 0.4) is 0 Å². The summed E-state index contributed by atoms with van der Waals surface area (Å²) >= 11 is 4.02. The first-order valence-corrected chi connectivity index (χ1v) is 16.1. The zero-order valence-corrected chi connectivity index (χ0v) is 23.4. The van der Waals surface area contributed by atoms with Gasteiger partial charge in [-0.15, -0.1) is 0 Å². The highest BCUT2D eigenvalue weighted by Gasteiger charge is 2.43. The van der Waals surface area contributed by atoms with Crippen LogP contribution in [0.2, 0.25) is 0 Å². The summed E-state index contributed by atoms with van der Waals surface area (Å²) in [4.78, 5) is 55.9. The molecule has 21 heteroatoms. The van der Waals surface area contributed by atoms with E-state index in [4.69, 9.17) is 20.3 Å². The van der Waals surface area contributed by atoms with Crippen LogP contribution in [-0.4, -0.2) is 69.6 Å². The highest BCUT2D eigenvalue weighted by atomic mass is 32.1. The summed E-state index contributed by atoms with van der Waals surface area (Å²) in [6.45, 7) is -0.829. The lowest BCUT2D eigenvalue weighted by atomic mass is 10.1. The number of hydrogen-bond acceptors (Lipinski definition) is 13. The van der Waals surface area contributed by atoms with Crippen LogP contribution >= 0.6 is 36.1 Å². The lowest BCUT2D eigenvalue weighted by molar-refractivity contribution is -0.118. The fraction of sp³-hybridized carbons (Fsp3) is 0.500. The number of ketones is 1. The molecule has 5 atom stereocenters. The summed E-state index contributed by atoms with van der Waals surface area (Å²) in [6, 6.07) is 0. The molecule has 0 bridgehead atoms. The van der Waals surface area contributed by atoms with Gasteiger partial charge < -0.3 is 39.7 Å². The summed E-state index contributed by atoms with van der Waals surface area (Å²) in [5, 5.41) is 10.8. The molecule has 1 aliphatic heterocycles. The third-order valence-electron chi connectivity index (χ3n) is 5.11. The Morgan fingerprint density at radius 2 is 1.90 bits per heavy atom. The maximum Gasteiger partial charge on any atom is 0.490 e. The fourth-order valence-corrected chi connectivity index (χ4v) is 6.82. The number of phosphoric acid groups is 3. The molecule has 1 fully saturated rings. The normalized spacial score (nSPS) is 22.7. The fourth-order valence-electron chi connectivity index (χ4n) is 3.54. The van der Waals surface area contributed by atoms with E-state index in [0.717, 1.165) is 0 Å². The third-order valence-corrected chi connectivity index (χ3v) is 9.14. The Kier molecular flexibility index (Phi) is 10.5. The molecule has 0 amide bonds. The van der Waals surface area contributed by atoms with E-state index >= 15 is 0 Å². The quantitative estimate of drug-likeness (QED) is 0.0980. The summed E-state index contributed by atoms with van der Waals surface area (Å²) < 4.78 is 53.3. The average molecular weight is 630 g/mol. The van der Waals surface area contributed by atoms with Gasteiger partial charge in [0.1, 0.15) is 35.9 Å². The van der Waals surface area contributed by atoms with Crippen molar-refractivity contribution in [1.29, 1.82) is 0 Å². The van der Waals surface area contributed by atoms with Crippen LogP contribution < -0.4 is 5.73 Å². The van der Waals surface area contributed by atoms with Crippen LogP contribution in [0.25, 0.3) is 11.0 Å². The minimum atomic E-state index is -5.69. The van der Waals surface area contributed by atoms with Crippen molar-refractivity contribution >= 4 is 58.7 Å². The maximum absolute atomic E-state index is 12.0. The summed E-state index contributed by atoms with van der Waals surface area (Å²) in [5.74, 6) is 6.42. The van der Waals surface area contributed by atoms with Gasteiger partial charge in [0.2, 0.25) is 0 Å². The van der Waals surface area contributed by atoms with E-state index in [-0.39, 0.29) is 24.4 Å². The predicted molar refractivity (Wildman–Crippen MR) is 136 cm³/mol. The number of nitrogens with zero attached hydrogens (tertiary/aromatic N) is 3. The van der Waals surface area contributed by atoms with Crippen molar-refractivity contribution in [1.82, 2.24) is 14.5 Å². The van der Waals surface area contributed by atoms with E-state index in [0.29, 0.717) is 35.2 Å². The molecule has 39 heavy (non-hydrogen) atoms. The van der Waals surface area contributed by atoms with Gasteiger partial charge in [0.15, 0.2) is 0 Å². The number of rotatable bonds is 12. The summed E-state index contributed by atoms with van der Waals surface area (Å²) in [6.07, 6.45) is 0.217. The van der Waals surface area contributed by atoms with Crippen LogP contribution in [0.5, 0.6) is 0 Å². The molecule has 1 saturated heterocycles. The molecule has 0 spiro atoms. The summed E-state index contributed by atoms with van der Waals surface area (Å²) in [7, 11) is -16.6. The van der Waals surface area contributed by atoms with E-state index in [9.17, 15) is 33.4 Å². The van der Waals surface area contributed by atoms with Crippen molar-refractivity contribution in [2.24, 2.45) is 0 Å². The first-order chi connectivity index (χ1) is 18.1. The van der Waals surface area contributed by atoms with Crippen LogP contribution in [0.4, 0.5) is 5.82 Å². The second-order valence-corrected chi connectivity index (χ2v) is 12.9. The molecular weight excluding hydrogens is 605 g/mol. The zero-order valence-electron chi connectivity index (χ0n) is 19.8. The molecule has 2 aromatic heterocycles. The summed E-state index contributed by atoms with van der Waals surface area (Å²) in [5.41, 5.74) is 6.76. The maximum atomic E-state index is 12.0. The minimum absolute atomic E-state index is 0.0279. The molecule has 3 unspecified atom stereocenters. The van der Waals surface area contributed by atoms with Gasteiger partial charge in [0.25, 0.3) is 0 Å². The van der Waals surface area contributed by atoms with Gasteiger partial charge in [-0.2, -0.15) is 21.3 Å². The Morgan fingerprint density at radius 3 is 2.56 bits per heavy atom.